The number of benzene rings is 1. The first-order valence-electron chi connectivity index (χ1n) is 5.99. The summed E-state index contributed by atoms with van der Waals surface area (Å²) in [5, 5.41) is 7.37. The minimum atomic E-state index is 0.568. The molecule has 2 nitrogen and oxygen atoms in total. The highest BCUT2D eigenvalue weighted by atomic mass is 32.2. The SMILES string of the molecule is CSc1cccc(NC(=S)NC2CCCC2)c1. The summed E-state index contributed by atoms with van der Waals surface area (Å²) in [5.41, 5.74) is 1.06. The van der Waals surface area contributed by atoms with E-state index in [1.54, 1.807) is 11.8 Å². The summed E-state index contributed by atoms with van der Waals surface area (Å²) in [6.07, 6.45) is 7.21. The zero-order valence-corrected chi connectivity index (χ0v) is 11.7. The van der Waals surface area contributed by atoms with Crippen LogP contribution in [0.4, 0.5) is 5.69 Å². The molecule has 1 aliphatic carbocycles. The highest BCUT2D eigenvalue weighted by Gasteiger charge is 2.15. The van der Waals surface area contributed by atoms with Crippen LogP contribution >= 0.6 is 24.0 Å². The maximum atomic E-state index is 5.32. The summed E-state index contributed by atoms with van der Waals surface area (Å²) in [7, 11) is 0. The molecule has 0 aromatic heterocycles. The van der Waals surface area contributed by atoms with E-state index in [1.807, 2.05) is 12.1 Å². The molecule has 0 amide bonds. The average molecular weight is 266 g/mol. The molecule has 0 bridgehead atoms. The van der Waals surface area contributed by atoms with Gasteiger partial charge in [0, 0.05) is 16.6 Å². The summed E-state index contributed by atoms with van der Waals surface area (Å²) in [4.78, 5) is 1.25. The van der Waals surface area contributed by atoms with Gasteiger partial charge in [-0.25, -0.2) is 0 Å². The molecule has 1 aromatic carbocycles. The predicted molar refractivity (Wildman–Crippen MR) is 79.8 cm³/mol. The van der Waals surface area contributed by atoms with Crippen LogP contribution < -0.4 is 10.6 Å². The van der Waals surface area contributed by atoms with Crippen molar-refractivity contribution in [1.82, 2.24) is 5.32 Å². The summed E-state index contributed by atoms with van der Waals surface area (Å²) in [6, 6.07) is 8.88. The third-order valence-electron chi connectivity index (χ3n) is 3.02. The fourth-order valence-corrected chi connectivity index (χ4v) is 2.87. The molecule has 4 heteroatoms. The molecule has 2 rings (SSSR count). The van der Waals surface area contributed by atoms with Crippen molar-refractivity contribution in [1.29, 1.82) is 0 Å². The van der Waals surface area contributed by atoms with Gasteiger partial charge in [0.15, 0.2) is 5.11 Å². The van der Waals surface area contributed by atoms with E-state index in [9.17, 15) is 0 Å². The Balaban J connectivity index is 1.88. The van der Waals surface area contributed by atoms with E-state index in [1.165, 1.54) is 30.6 Å². The molecule has 0 radical (unpaired) electrons. The molecule has 1 aliphatic rings. The van der Waals surface area contributed by atoms with Crippen molar-refractivity contribution in [2.75, 3.05) is 11.6 Å². The van der Waals surface area contributed by atoms with Crippen LogP contribution in [0, 0.1) is 0 Å². The van der Waals surface area contributed by atoms with E-state index >= 15 is 0 Å². The zero-order valence-electron chi connectivity index (χ0n) is 10.0. The van der Waals surface area contributed by atoms with Crippen LogP contribution in [0.15, 0.2) is 29.2 Å². The summed E-state index contributed by atoms with van der Waals surface area (Å²) >= 11 is 7.06. The van der Waals surface area contributed by atoms with Gasteiger partial charge >= 0.3 is 0 Å². The lowest BCUT2D eigenvalue weighted by Gasteiger charge is -2.15. The minimum Gasteiger partial charge on any atom is -0.360 e. The van der Waals surface area contributed by atoms with Crippen LogP contribution in [0.1, 0.15) is 25.7 Å². The number of thioether (sulfide) groups is 1. The van der Waals surface area contributed by atoms with Gasteiger partial charge in [-0.1, -0.05) is 18.9 Å². The summed E-state index contributed by atoms with van der Waals surface area (Å²) in [6.45, 7) is 0. The maximum absolute atomic E-state index is 5.32. The molecule has 0 aliphatic heterocycles. The second-order valence-electron chi connectivity index (χ2n) is 4.31. The topological polar surface area (TPSA) is 24.1 Å². The Hall–Kier alpha value is -0.740. The van der Waals surface area contributed by atoms with Gasteiger partial charge < -0.3 is 10.6 Å². The van der Waals surface area contributed by atoms with Crippen LogP contribution in [0.5, 0.6) is 0 Å². The molecule has 1 aromatic rings. The Bertz CT molecular complexity index is 387. The smallest absolute Gasteiger partial charge is 0.170 e. The van der Waals surface area contributed by atoms with E-state index in [0.717, 1.165) is 10.8 Å². The van der Waals surface area contributed by atoms with Crippen LogP contribution in [0.3, 0.4) is 0 Å². The third-order valence-corrected chi connectivity index (χ3v) is 3.96. The van der Waals surface area contributed by atoms with Gasteiger partial charge in [0.1, 0.15) is 0 Å². The van der Waals surface area contributed by atoms with Crippen molar-refractivity contribution in [2.24, 2.45) is 0 Å². The molecular formula is C13H18N2S2. The lowest BCUT2D eigenvalue weighted by Crippen LogP contribution is -2.35. The predicted octanol–water partition coefficient (Wildman–Crippen LogP) is 3.64. The van der Waals surface area contributed by atoms with Gasteiger partial charge in [0.2, 0.25) is 0 Å². The Morgan fingerprint density at radius 2 is 2.12 bits per heavy atom. The Morgan fingerprint density at radius 1 is 1.35 bits per heavy atom. The molecule has 1 fully saturated rings. The molecule has 0 spiro atoms. The van der Waals surface area contributed by atoms with E-state index < -0.39 is 0 Å². The molecule has 0 heterocycles. The van der Waals surface area contributed by atoms with E-state index in [-0.39, 0.29) is 0 Å². The molecule has 0 unspecified atom stereocenters. The van der Waals surface area contributed by atoms with Gasteiger partial charge in [-0.3, -0.25) is 0 Å². The zero-order chi connectivity index (χ0) is 12.1. The quantitative estimate of drug-likeness (QED) is 0.644. The van der Waals surface area contributed by atoms with Gasteiger partial charge in [-0.2, -0.15) is 0 Å². The monoisotopic (exact) mass is 266 g/mol. The first-order valence-corrected chi connectivity index (χ1v) is 7.63. The van der Waals surface area contributed by atoms with Crippen molar-refractivity contribution in [3.63, 3.8) is 0 Å². The normalized spacial score (nSPS) is 15.8. The van der Waals surface area contributed by atoms with Gasteiger partial charge in [-0.05, 0) is 49.5 Å². The second-order valence-corrected chi connectivity index (χ2v) is 5.60. The molecule has 2 N–H and O–H groups in total. The average Bonchev–Trinajstić information content (AvgIpc) is 2.82. The Labute approximate surface area is 113 Å². The number of hydrogen-bond donors (Lipinski definition) is 2. The number of thiocarbonyl (C=S) groups is 1. The van der Waals surface area contributed by atoms with E-state index in [4.69, 9.17) is 12.2 Å². The number of rotatable bonds is 3. The first-order chi connectivity index (χ1) is 8.28. The first kappa shape index (κ1) is 12.7. The minimum absolute atomic E-state index is 0.568. The number of anilines is 1. The van der Waals surface area contributed by atoms with E-state index in [0.29, 0.717) is 6.04 Å². The maximum Gasteiger partial charge on any atom is 0.170 e. The van der Waals surface area contributed by atoms with E-state index in [2.05, 4.69) is 29.0 Å². The number of hydrogen-bond acceptors (Lipinski definition) is 2. The largest absolute Gasteiger partial charge is 0.360 e. The molecule has 17 heavy (non-hydrogen) atoms. The van der Waals surface area contributed by atoms with Crippen molar-refractivity contribution in [2.45, 2.75) is 36.6 Å². The summed E-state index contributed by atoms with van der Waals surface area (Å²) in [5.74, 6) is 0. The van der Waals surface area contributed by atoms with Gasteiger partial charge in [-0.15, -0.1) is 11.8 Å². The van der Waals surface area contributed by atoms with Crippen molar-refractivity contribution >= 4 is 34.8 Å². The highest BCUT2D eigenvalue weighted by molar-refractivity contribution is 7.98. The standard InChI is InChI=1S/C13H18N2S2/c1-17-12-8-4-7-11(9-12)15-13(16)14-10-5-2-3-6-10/h4,7-10H,2-3,5-6H2,1H3,(H2,14,15,16). The lowest BCUT2D eigenvalue weighted by molar-refractivity contribution is 0.634. The molecule has 92 valence electrons. The van der Waals surface area contributed by atoms with Crippen LogP contribution in [-0.2, 0) is 0 Å². The van der Waals surface area contributed by atoms with Crippen molar-refractivity contribution < 1.29 is 0 Å². The highest BCUT2D eigenvalue weighted by Crippen LogP contribution is 2.20. The van der Waals surface area contributed by atoms with Gasteiger partial charge in [0.25, 0.3) is 0 Å². The fraction of sp³-hybridized carbons (Fsp3) is 0.462. The van der Waals surface area contributed by atoms with Crippen LogP contribution in [0.25, 0.3) is 0 Å². The molecule has 1 saturated carbocycles. The van der Waals surface area contributed by atoms with Crippen molar-refractivity contribution in [3.05, 3.63) is 24.3 Å². The Morgan fingerprint density at radius 3 is 2.82 bits per heavy atom. The van der Waals surface area contributed by atoms with Crippen molar-refractivity contribution in [3.8, 4) is 0 Å². The van der Waals surface area contributed by atoms with Gasteiger partial charge in [0.05, 0.1) is 0 Å². The fourth-order valence-electron chi connectivity index (χ4n) is 2.12. The summed E-state index contributed by atoms with van der Waals surface area (Å²) < 4.78 is 0. The van der Waals surface area contributed by atoms with Crippen LogP contribution in [0.2, 0.25) is 0 Å². The Kier molecular flexibility index (Phi) is 4.68. The number of nitrogens with one attached hydrogen (secondary N) is 2. The van der Waals surface area contributed by atoms with Crippen LogP contribution in [-0.4, -0.2) is 17.4 Å². The lowest BCUT2D eigenvalue weighted by atomic mass is 10.2. The molecule has 0 atom stereocenters. The molecular weight excluding hydrogens is 248 g/mol. The third kappa shape index (κ3) is 3.89. The molecule has 0 saturated heterocycles. The second kappa shape index (κ2) is 6.26.